The second kappa shape index (κ2) is 12.3. The second-order valence-electron chi connectivity index (χ2n) is 12.5. The van der Waals surface area contributed by atoms with Crippen LogP contribution in [0.2, 0.25) is 12.1 Å². The maximum atomic E-state index is 15.6. The zero-order valence-electron chi connectivity index (χ0n) is 24.0. The van der Waals surface area contributed by atoms with Crippen LogP contribution in [0.3, 0.4) is 0 Å². The van der Waals surface area contributed by atoms with Gasteiger partial charge in [-0.05, 0) is 91.1 Å². The molecule has 0 nitrogen and oxygen atoms in total. The van der Waals surface area contributed by atoms with E-state index in [1.807, 2.05) is 12.1 Å². The third-order valence-electron chi connectivity index (χ3n) is 10.2. The van der Waals surface area contributed by atoms with E-state index >= 15 is 4.39 Å². The Bertz CT molecular complexity index is 1320. The Morgan fingerprint density at radius 3 is 1.73 bits per heavy atom. The fraction of sp³-hybridized carbons (Fsp3) is 0.368. The minimum atomic E-state index is -1.81. The lowest BCUT2D eigenvalue weighted by Gasteiger charge is -2.39. The SMILES string of the molecule is CCC[C@H]1CC[C@H](c2ccc(-c3ccc(C4CC[Si](c5ccccc5)(c5ccccc5)CC4)cc3F)cc2)CC1. The molecule has 40 heavy (non-hydrogen) atoms. The number of hydrogen-bond donors (Lipinski definition) is 0. The van der Waals surface area contributed by atoms with E-state index in [1.54, 1.807) is 10.4 Å². The van der Waals surface area contributed by atoms with Crippen LogP contribution in [0.25, 0.3) is 11.1 Å². The maximum absolute atomic E-state index is 15.6. The first-order chi connectivity index (χ1) is 19.7. The Kier molecular flexibility index (Phi) is 8.34. The lowest BCUT2D eigenvalue weighted by Crippen LogP contribution is -2.59. The van der Waals surface area contributed by atoms with Crippen LogP contribution in [-0.2, 0) is 0 Å². The van der Waals surface area contributed by atoms with Gasteiger partial charge in [-0.25, -0.2) is 4.39 Å². The van der Waals surface area contributed by atoms with Crippen LogP contribution in [0.4, 0.5) is 4.39 Å². The molecule has 1 aliphatic heterocycles. The lowest BCUT2D eigenvalue weighted by molar-refractivity contribution is 0.308. The van der Waals surface area contributed by atoms with Gasteiger partial charge in [0.15, 0.2) is 0 Å². The van der Waals surface area contributed by atoms with Gasteiger partial charge in [-0.1, -0.05) is 127 Å². The van der Waals surface area contributed by atoms with Gasteiger partial charge in [0.25, 0.3) is 0 Å². The molecule has 1 saturated heterocycles. The van der Waals surface area contributed by atoms with Crippen LogP contribution in [0.1, 0.15) is 81.3 Å². The average molecular weight is 547 g/mol. The minimum Gasteiger partial charge on any atom is -0.206 e. The summed E-state index contributed by atoms with van der Waals surface area (Å²) in [4.78, 5) is 0. The first-order valence-corrected chi connectivity index (χ1v) is 18.1. The molecule has 4 aromatic carbocycles. The molecule has 1 heterocycles. The molecular formula is C38H43FSi. The van der Waals surface area contributed by atoms with E-state index in [2.05, 4.69) is 97.9 Å². The highest BCUT2D eigenvalue weighted by molar-refractivity contribution is 7.02. The van der Waals surface area contributed by atoms with Gasteiger partial charge >= 0.3 is 0 Å². The normalized spacial score (nSPS) is 21.2. The number of benzene rings is 4. The van der Waals surface area contributed by atoms with E-state index in [0.29, 0.717) is 11.8 Å². The van der Waals surface area contributed by atoms with Crippen LogP contribution in [-0.4, -0.2) is 8.07 Å². The molecule has 0 unspecified atom stereocenters. The predicted molar refractivity (Wildman–Crippen MR) is 171 cm³/mol. The monoisotopic (exact) mass is 546 g/mol. The molecule has 1 aliphatic carbocycles. The Balaban J connectivity index is 1.15. The molecule has 2 heteroatoms. The van der Waals surface area contributed by atoms with Crippen molar-refractivity contribution in [3.63, 3.8) is 0 Å². The molecule has 0 atom stereocenters. The summed E-state index contributed by atoms with van der Waals surface area (Å²) in [7, 11) is -1.81. The summed E-state index contributed by atoms with van der Waals surface area (Å²) in [6, 6.07) is 39.7. The standard InChI is InChI=1S/C38H43FSi/c1-2-9-29-14-16-30(17-15-29)31-18-20-33(21-19-31)37-23-22-34(28-38(37)39)32-24-26-40(27-25-32,35-10-5-3-6-11-35)36-12-7-4-8-13-36/h3-8,10-13,18-23,28-30,32H,2,9,14-17,24-27H2,1H3/t29-,30-. The first kappa shape index (κ1) is 27.2. The zero-order valence-corrected chi connectivity index (χ0v) is 25.0. The largest absolute Gasteiger partial charge is 0.206 e. The van der Waals surface area contributed by atoms with Crippen molar-refractivity contribution in [3.8, 4) is 11.1 Å². The van der Waals surface area contributed by atoms with Gasteiger partial charge in [-0.15, -0.1) is 0 Å². The molecule has 6 rings (SSSR count). The van der Waals surface area contributed by atoms with Crippen molar-refractivity contribution in [3.05, 3.63) is 120 Å². The highest BCUT2D eigenvalue weighted by Crippen LogP contribution is 2.40. The van der Waals surface area contributed by atoms with Gasteiger partial charge in [0.1, 0.15) is 13.9 Å². The molecule has 0 aromatic heterocycles. The fourth-order valence-corrected chi connectivity index (χ4v) is 12.9. The van der Waals surface area contributed by atoms with Gasteiger partial charge in [0.05, 0.1) is 0 Å². The van der Waals surface area contributed by atoms with E-state index in [4.69, 9.17) is 0 Å². The van der Waals surface area contributed by atoms with E-state index < -0.39 is 8.07 Å². The zero-order chi connectivity index (χ0) is 27.4. The Morgan fingerprint density at radius 2 is 1.18 bits per heavy atom. The van der Waals surface area contributed by atoms with Gasteiger partial charge < -0.3 is 0 Å². The van der Waals surface area contributed by atoms with Crippen molar-refractivity contribution >= 4 is 18.4 Å². The highest BCUT2D eigenvalue weighted by Gasteiger charge is 2.41. The van der Waals surface area contributed by atoms with E-state index in [0.717, 1.165) is 29.9 Å². The van der Waals surface area contributed by atoms with Crippen LogP contribution in [0.5, 0.6) is 0 Å². The van der Waals surface area contributed by atoms with Crippen LogP contribution >= 0.6 is 0 Å². The van der Waals surface area contributed by atoms with Gasteiger partial charge in [0, 0.05) is 5.56 Å². The predicted octanol–water partition coefficient (Wildman–Crippen LogP) is 9.71. The maximum Gasteiger partial charge on any atom is 0.131 e. The van der Waals surface area contributed by atoms with Gasteiger partial charge in [-0.3, -0.25) is 0 Å². The van der Waals surface area contributed by atoms with Crippen molar-refractivity contribution < 1.29 is 4.39 Å². The van der Waals surface area contributed by atoms with Crippen LogP contribution in [0.15, 0.2) is 103 Å². The van der Waals surface area contributed by atoms with E-state index in [1.165, 1.54) is 61.7 Å². The minimum absolute atomic E-state index is 0.0782. The second-order valence-corrected chi connectivity index (χ2v) is 16.8. The number of halogens is 1. The fourth-order valence-electron chi connectivity index (χ4n) is 7.85. The summed E-state index contributed by atoms with van der Waals surface area (Å²) < 4.78 is 15.6. The molecule has 0 N–H and O–H groups in total. The summed E-state index contributed by atoms with van der Waals surface area (Å²) in [6.45, 7) is 2.30. The summed E-state index contributed by atoms with van der Waals surface area (Å²) in [5, 5.41) is 3.08. The lowest BCUT2D eigenvalue weighted by atomic mass is 9.77. The molecule has 0 radical (unpaired) electrons. The number of hydrogen-bond acceptors (Lipinski definition) is 0. The van der Waals surface area contributed by atoms with Gasteiger partial charge in [-0.2, -0.15) is 0 Å². The van der Waals surface area contributed by atoms with Crippen LogP contribution in [0, 0.1) is 11.7 Å². The Labute approximate surface area is 241 Å². The molecular weight excluding hydrogens is 504 g/mol. The van der Waals surface area contributed by atoms with Crippen molar-refractivity contribution in [1.82, 2.24) is 0 Å². The summed E-state index contributed by atoms with van der Waals surface area (Å²) in [5.41, 5.74) is 4.33. The molecule has 4 aromatic rings. The molecule has 0 bridgehead atoms. The Hall–Kier alpha value is -2.97. The molecule has 1 saturated carbocycles. The summed E-state index contributed by atoms with van der Waals surface area (Å²) >= 11 is 0. The third-order valence-corrected chi connectivity index (χ3v) is 15.4. The summed E-state index contributed by atoms with van der Waals surface area (Å²) in [5.74, 6) is 1.95. The van der Waals surface area contributed by atoms with Crippen molar-refractivity contribution in [2.75, 3.05) is 0 Å². The molecule has 0 spiro atoms. The van der Waals surface area contributed by atoms with Crippen molar-refractivity contribution in [1.29, 1.82) is 0 Å². The smallest absolute Gasteiger partial charge is 0.131 e. The average Bonchev–Trinajstić information content (AvgIpc) is 3.03. The van der Waals surface area contributed by atoms with Gasteiger partial charge in [0.2, 0.25) is 0 Å². The molecule has 2 fully saturated rings. The number of rotatable bonds is 7. The summed E-state index contributed by atoms with van der Waals surface area (Å²) in [6.07, 6.45) is 10.3. The van der Waals surface area contributed by atoms with Crippen molar-refractivity contribution in [2.24, 2.45) is 5.92 Å². The molecule has 2 aliphatic rings. The highest BCUT2D eigenvalue weighted by atomic mass is 28.3. The third kappa shape index (κ3) is 5.61. The molecule has 206 valence electrons. The van der Waals surface area contributed by atoms with E-state index in [-0.39, 0.29) is 5.82 Å². The van der Waals surface area contributed by atoms with Crippen LogP contribution < -0.4 is 10.4 Å². The van der Waals surface area contributed by atoms with E-state index in [9.17, 15) is 0 Å². The quantitative estimate of drug-likeness (QED) is 0.202. The molecule has 0 amide bonds. The first-order valence-electron chi connectivity index (χ1n) is 15.7. The topological polar surface area (TPSA) is 0 Å². The van der Waals surface area contributed by atoms with Crippen molar-refractivity contribution in [2.45, 2.75) is 82.2 Å². The Morgan fingerprint density at radius 1 is 0.625 bits per heavy atom.